The van der Waals surface area contributed by atoms with E-state index in [4.69, 9.17) is 0 Å². The first-order chi connectivity index (χ1) is 11.0. The van der Waals surface area contributed by atoms with Crippen LogP contribution in [0.3, 0.4) is 0 Å². The molecule has 0 N–H and O–H groups in total. The van der Waals surface area contributed by atoms with Gasteiger partial charge in [-0.3, -0.25) is 9.59 Å². The lowest BCUT2D eigenvalue weighted by Gasteiger charge is -2.32. The molecule has 0 bridgehead atoms. The summed E-state index contributed by atoms with van der Waals surface area (Å²) in [5.74, 6) is -0.521. The molecule has 2 aromatic carbocycles. The molecule has 0 radical (unpaired) electrons. The lowest BCUT2D eigenvalue weighted by molar-refractivity contribution is -0.138. The molecule has 0 saturated heterocycles. The Hall–Kier alpha value is -2.48. The van der Waals surface area contributed by atoms with Crippen LogP contribution in [0.5, 0.6) is 0 Å². The molecule has 0 aromatic heterocycles. The maximum Gasteiger partial charge on any atom is 0.143 e. The van der Waals surface area contributed by atoms with E-state index in [1.807, 2.05) is 72.8 Å². The van der Waals surface area contributed by atoms with Crippen LogP contribution in [-0.4, -0.2) is 11.6 Å². The second-order valence-corrected chi connectivity index (χ2v) is 5.97. The van der Waals surface area contributed by atoms with Crippen LogP contribution >= 0.6 is 0 Å². The monoisotopic (exact) mass is 306 g/mol. The largest absolute Gasteiger partial charge is 0.299 e. The predicted molar refractivity (Wildman–Crippen MR) is 94.1 cm³/mol. The van der Waals surface area contributed by atoms with Crippen molar-refractivity contribution in [2.45, 2.75) is 26.7 Å². The molecule has 0 aliphatic carbocycles. The van der Waals surface area contributed by atoms with Gasteiger partial charge < -0.3 is 0 Å². The van der Waals surface area contributed by atoms with Crippen molar-refractivity contribution in [2.24, 2.45) is 5.41 Å². The first-order valence-electron chi connectivity index (χ1n) is 7.76. The Morgan fingerprint density at radius 1 is 0.870 bits per heavy atom. The van der Waals surface area contributed by atoms with Gasteiger partial charge in [0.25, 0.3) is 0 Å². The van der Waals surface area contributed by atoms with Gasteiger partial charge in [0, 0.05) is 5.92 Å². The maximum atomic E-state index is 12.3. The summed E-state index contributed by atoms with van der Waals surface area (Å²) in [6, 6.07) is 19.6. The van der Waals surface area contributed by atoms with E-state index in [9.17, 15) is 9.59 Å². The summed E-state index contributed by atoms with van der Waals surface area (Å²) in [6.45, 7) is 4.73. The Kier molecular flexibility index (Phi) is 5.28. The number of carbonyl (C=O) groups excluding carboxylic acids is 2. The fourth-order valence-electron chi connectivity index (χ4n) is 2.75. The quantitative estimate of drug-likeness (QED) is 0.727. The van der Waals surface area contributed by atoms with E-state index >= 15 is 0 Å². The smallest absolute Gasteiger partial charge is 0.143 e. The van der Waals surface area contributed by atoms with E-state index in [2.05, 4.69) is 0 Å². The van der Waals surface area contributed by atoms with Crippen molar-refractivity contribution in [1.82, 2.24) is 0 Å². The molecule has 23 heavy (non-hydrogen) atoms. The summed E-state index contributed by atoms with van der Waals surface area (Å²) in [6.07, 6.45) is 3.94. The van der Waals surface area contributed by atoms with E-state index in [1.54, 1.807) is 6.92 Å². The molecule has 0 heterocycles. The molecular weight excluding hydrogens is 284 g/mol. The average Bonchev–Trinajstić information content (AvgIpc) is 2.56. The van der Waals surface area contributed by atoms with Gasteiger partial charge in [-0.05, 0) is 31.9 Å². The number of benzene rings is 2. The molecule has 2 heteroatoms. The van der Waals surface area contributed by atoms with Crippen LogP contribution in [0.25, 0.3) is 6.08 Å². The Morgan fingerprint density at radius 3 is 1.83 bits per heavy atom. The van der Waals surface area contributed by atoms with Crippen LogP contribution in [-0.2, 0) is 9.59 Å². The molecule has 118 valence electrons. The summed E-state index contributed by atoms with van der Waals surface area (Å²) in [5, 5.41) is 0. The van der Waals surface area contributed by atoms with Gasteiger partial charge in [-0.25, -0.2) is 0 Å². The van der Waals surface area contributed by atoms with Crippen molar-refractivity contribution < 1.29 is 9.59 Å². The minimum Gasteiger partial charge on any atom is -0.299 e. The lowest BCUT2D eigenvalue weighted by atomic mass is 9.68. The van der Waals surface area contributed by atoms with Gasteiger partial charge in [-0.1, -0.05) is 72.8 Å². The van der Waals surface area contributed by atoms with Gasteiger partial charge in [-0.15, -0.1) is 0 Å². The Morgan fingerprint density at radius 2 is 1.35 bits per heavy atom. The third-order valence-electron chi connectivity index (χ3n) is 4.52. The fourth-order valence-corrected chi connectivity index (χ4v) is 2.75. The highest BCUT2D eigenvalue weighted by Gasteiger charge is 2.42. The highest BCUT2D eigenvalue weighted by molar-refractivity contribution is 6.06. The molecule has 0 aliphatic heterocycles. The van der Waals surface area contributed by atoms with Crippen LogP contribution in [0.4, 0.5) is 0 Å². The third-order valence-corrected chi connectivity index (χ3v) is 4.52. The van der Waals surface area contributed by atoms with E-state index in [-0.39, 0.29) is 17.5 Å². The van der Waals surface area contributed by atoms with Gasteiger partial charge in [0.1, 0.15) is 11.6 Å². The molecular formula is C21H22O2. The van der Waals surface area contributed by atoms with Gasteiger partial charge in [-0.2, -0.15) is 0 Å². The van der Waals surface area contributed by atoms with Gasteiger partial charge >= 0.3 is 0 Å². The number of hydrogen-bond acceptors (Lipinski definition) is 2. The van der Waals surface area contributed by atoms with E-state index < -0.39 is 5.41 Å². The molecule has 2 rings (SSSR count). The van der Waals surface area contributed by atoms with Gasteiger partial charge in [0.05, 0.1) is 5.41 Å². The van der Waals surface area contributed by atoms with Crippen molar-refractivity contribution in [3.8, 4) is 0 Å². The topological polar surface area (TPSA) is 34.1 Å². The van der Waals surface area contributed by atoms with E-state index in [0.717, 1.165) is 11.1 Å². The van der Waals surface area contributed by atoms with Crippen molar-refractivity contribution in [2.75, 3.05) is 0 Å². The second-order valence-electron chi connectivity index (χ2n) is 5.97. The zero-order valence-electron chi connectivity index (χ0n) is 13.8. The van der Waals surface area contributed by atoms with Crippen LogP contribution in [0.15, 0.2) is 66.7 Å². The molecule has 2 aromatic rings. The standard InChI is InChI=1S/C21H22O2/c1-16(22)21(3,17(2)23)20(19-12-8-5-9-13-19)15-14-18-10-6-4-7-11-18/h4-15,20H,1-3H3/b15-14+/t20-/m0/s1. The lowest BCUT2D eigenvalue weighted by Crippen LogP contribution is -2.38. The summed E-state index contributed by atoms with van der Waals surface area (Å²) in [7, 11) is 0. The zero-order valence-corrected chi connectivity index (χ0v) is 13.8. The highest BCUT2D eigenvalue weighted by Crippen LogP contribution is 2.39. The average molecular weight is 306 g/mol. The molecule has 2 nitrogen and oxygen atoms in total. The minimum absolute atomic E-state index is 0.114. The number of carbonyl (C=O) groups is 2. The Labute approximate surface area is 137 Å². The van der Waals surface area contributed by atoms with Crippen molar-refractivity contribution >= 4 is 17.6 Å². The van der Waals surface area contributed by atoms with Crippen molar-refractivity contribution in [3.05, 3.63) is 77.9 Å². The van der Waals surface area contributed by atoms with Crippen molar-refractivity contribution in [1.29, 1.82) is 0 Å². The fraction of sp³-hybridized carbons (Fsp3) is 0.238. The van der Waals surface area contributed by atoms with Crippen molar-refractivity contribution in [3.63, 3.8) is 0 Å². The second kappa shape index (κ2) is 7.19. The maximum absolute atomic E-state index is 12.3. The molecule has 0 unspecified atom stereocenters. The number of allylic oxidation sites excluding steroid dienone is 1. The minimum atomic E-state index is -1.06. The number of ketones is 2. The Bertz CT molecular complexity index is 685. The summed E-state index contributed by atoms with van der Waals surface area (Å²) >= 11 is 0. The summed E-state index contributed by atoms with van der Waals surface area (Å²) in [5.41, 5.74) is 0.947. The highest BCUT2D eigenvalue weighted by atomic mass is 16.2. The molecule has 0 spiro atoms. The van der Waals surface area contributed by atoms with Crippen LogP contribution in [0.1, 0.15) is 37.8 Å². The molecule has 0 fully saturated rings. The van der Waals surface area contributed by atoms with Crippen LogP contribution in [0.2, 0.25) is 0 Å². The number of Topliss-reactive ketones (excluding diaryl/α,β-unsaturated/α-hetero) is 2. The first kappa shape index (κ1) is 16.9. The van der Waals surface area contributed by atoms with Gasteiger partial charge in [0.2, 0.25) is 0 Å². The first-order valence-corrected chi connectivity index (χ1v) is 7.76. The Balaban J connectivity index is 2.50. The molecule has 1 atom stereocenters. The number of hydrogen-bond donors (Lipinski definition) is 0. The molecule has 0 saturated carbocycles. The van der Waals surface area contributed by atoms with Gasteiger partial charge in [0.15, 0.2) is 0 Å². The van der Waals surface area contributed by atoms with E-state index in [1.165, 1.54) is 13.8 Å². The molecule has 0 amide bonds. The molecule has 0 aliphatic rings. The zero-order chi connectivity index (χ0) is 16.9. The predicted octanol–water partition coefficient (Wildman–Crippen LogP) is 4.67. The number of rotatable bonds is 6. The van der Waals surface area contributed by atoms with E-state index in [0.29, 0.717) is 0 Å². The van der Waals surface area contributed by atoms with Crippen LogP contribution < -0.4 is 0 Å². The normalized spacial score (nSPS) is 13.0. The van der Waals surface area contributed by atoms with Crippen LogP contribution in [0, 0.1) is 5.41 Å². The summed E-state index contributed by atoms with van der Waals surface area (Å²) < 4.78 is 0. The summed E-state index contributed by atoms with van der Waals surface area (Å²) in [4.78, 5) is 24.6. The third kappa shape index (κ3) is 3.65. The SMILES string of the molecule is CC(=O)C(C)(C(C)=O)[C@@H](/C=C/c1ccccc1)c1ccccc1.